The van der Waals surface area contributed by atoms with Crippen molar-refractivity contribution in [3.63, 3.8) is 0 Å². The van der Waals surface area contributed by atoms with E-state index in [1.54, 1.807) is 11.4 Å². The zero-order valence-electron chi connectivity index (χ0n) is 16.1. The summed E-state index contributed by atoms with van der Waals surface area (Å²) in [4.78, 5) is 6.82. The molecule has 2 fully saturated rings. The van der Waals surface area contributed by atoms with Gasteiger partial charge in [-0.05, 0) is 30.5 Å². The molecule has 7 nitrogen and oxygen atoms in total. The van der Waals surface area contributed by atoms with Crippen LogP contribution in [0.5, 0.6) is 5.75 Å². The molecule has 0 atom stereocenters. The Morgan fingerprint density at radius 2 is 1.93 bits per heavy atom. The molecule has 1 aliphatic heterocycles. The van der Waals surface area contributed by atoms with Gasteiger partial charge in [-0.25, -0.2) is 13.4 Å². The van der Waals surface area contributed by atoms with Crippen molar-refractivity contribution in [3.05, 3.63) is 35.7 Å². The van der Waals surface area contributed by atoms with Crippen LogP contribution in [0.2, 0.25) is 0 Å². The molecule has 1 saturated heterocycles. The fraction of sp³-hybridized carbons (Fsp3) is 0.579. The Labute approximate surface area is 170 Å². The SMILES string of the molecule is COc1cccc(Cc2nsc(N3CCN(S(=O)(=O)C4CCCC4)CC3)n2)c1. The first-order chi connectivity index (χ1) is 13.6. The first-order valence-corrected chi connectivity index (χ1v) is 12.0. The molecule has 28 heavy (non-hydrogen) atoms. The second-order valence-corrected chi connectivity index (χ2v) is 10.3. The minimum atomic E-state index is -3.15. The molecular formula is C19H26N4O3S2. The fourth-order valence-corrected chi connectivity index (χ4v) is 6.70. The Balaban J connectivity index is 1.36. The number of sulfonamides is 1. The molecule has 152 valence electrons. The highest BCUT2D eigenvalue weighted by molar-refractivity contribution is 7.89. The van der Waals surface area contributed by atoms with Gasteiger partial charge in [0.15, 0.2) is 0 Å². The normalized spacial score (nSPS) is 19.2. The summed E-state index contributed by atoms with van der Waals surface area (Å²) in [7, 11) is -1.49. The molecule has 0 N–H and O–H groups in total. The van der Waals surface area contributed by atoms with E-state index in [0.29, 0.717) is 32.6 Å². The third kappa shape index (κ3) is 4.16. The molecule has 2 aliphatic rings. The van der Waals surface area contributed by atoms with E-state index >= 15 is 0 Å². The number of methoxy groups -OCH3 is 1. The van der Waals surface area contributed by atoms with Gasteiger partial charge in [0.25, 0.3) is 0 Å². The molecule has 9 heteroatoms. The summed E-state index contributed by atoms with van der Waals surface area (Å²) >= 11 is 1.38. The summed E-state index contributed by atoms with van der Waals surface area (Å²) in [5, 5.41) is 0.700. The van der Waals surface area contributed by atoms with E-state index in [1.807, 2.05) is 24.3 Å². The third-order valence-electron chi connectivity index (χ3n) is 5.55. The Morgan fingerprint density at radius 3 is 2.64 bits per heavy atom. The molecule has 1 aromatic carbocycles. The highest BCUT2D eigenvalue weighted by Crippen LogP contribution is 2.28. The van der Waals surface area contributed by atoms with Crippen molar-refractivity contribution in [1.29, 1.82) is 0 Å². The van der Waals surface area contributed by atoms with Crippen LogP contribution < -0.4 is 9.64 Å². The molecule has 4 rings (SSSR count). The minimum absolute atomic E-state index is 0.171. The molecule has 0 amide bonds. The molecule has 1 aliphatic carbocycles. The number of aromatic nitrogens is 2. The Hall–Kier alpha value is -1.71. The Morgan fingerprint density at radius 1 is 1.18 bits per heavy atom. The van der Waals surface area contributed by atoms with E-state index in [1.165, 1.54) is 11.5 Å². The van der Waals surface area contributed by atoms with Crippen molar-refractivity contribution < 1.29 is 13.2 Å². The van der Waals surface area contributed by atoms with Crippen LogP contribution in [0.3, 0.4) is 0 Å². The van der Waals surface area contributed by atoms with Crippen LogP contribution in [0.1, 0.15) is 37.1 Å². The second-order valence-electron chi connectivity index (χ2n) is 7.36. The van der Waals surface area contributed by atoms with Crippen LogP contribution in [0.15, 0.2) is 24.3 Å². The van der Waals surface area contributed by atoms with Crippen LogP contribution in [0.25, 0.3) is 0 Å². The predicted octanol–water partition coefficient (Wildman–Crippen LogP) is 2.53. The van der Waals surface area contributed by atoms with Crippen molar-refractivity contribution in [3.8, 4) is 5.75 Å². The smallest absolute Gasteiger partial charge is 0.217 e. The molecule has 2 heterocycles. The van der Waals surface area contributed by atoms with Gasteiger partial charge in [0, 0.05) is 44.1 Å². The Kier molecular flexibility index (Phi) is 5.84. The minimum Gasteiger partial charge on any atom is -0.497 e. The van der Waals surface area contributed by atoms with Gasteiger partial charge in [-0.3, -0.25) is 0 Å². The summed E-state index contributed by atoms with van der Waals surface area (Å²) in [5.41, 5.74) is 1.11. The van der Waals surface area contributed by atoms with Crippen molar-refractivity contribution >= 4 is 26.7 Å². The molecule has 2 aromatic rings. The van der Waals surface area contributed by atoms with Crippen LogP contribution in [-0.2, 0) is 16.4 Å². The summed E-state index contributed by atoms with van der Waals surface area (Å²) in [6.07, 6.45) is 4.35. The zero-order chi connectivity index (χ0) is 19.6. The van der Waals surface area contributed by atoms with Crippen molar-refractivity contribution in [2.24, 2.45) is 0 Å². The number of hydrogen-bond donors (Lipinski definition) is 0. The number of nitrogens with zero attached hydrogens (tertiary/aromatic N) is 4. The van der Waals surface area contributed by atoms with E-state index < -0.39 is 10.0 Å². The summed E-state index contributed by atoms with van der Waals surface area (Å²) in [6.45, 7) is 2.40. The molecular weight excluding hydrogens is 396 g/mol. The van der Waals surface area contributed by atoms with E-state index in [9.17, 15) is 8.42 Å². The highest BCUT2D eigenvalue weighted by atomic mass is 32.2. The zero-order valence-corrected chi connectivity index (χ0v) is 17.7. The largest absolute Gasteiger partial charge is 0.497 e. The van der Waals surface area contributed by atoms with Gasteiger partial charge in [0.2, 0.25) is 15.2 Å². The lowest BCUT2D eigenvalue weighted by atomic mass is 10.1. The fourth-order valence-electron chi connectivity index (χ4n) is 3.94. The van der Waals surface area contributed by atoms with E-state index in [-0.39, 0.29) is 5.25 Å². The number of benzene rings is 1. The maximum absolute atomic E-state index is 12.8. The summed E-state index contributed by atoms with van der Waals surface area (Å²) in [5.74, 6) is 1.61. The van der Waals surface area contributed by atoms with Gasteiger partial charge in [-0.2, -0.15) is 8.68 Å². The van der Waals surface area contributed by atoms with Crippen LogP contribution in [0, 0.1) is 0 Å². The second kappa shape index (κ2) is 8.34. The highest BCUT2D eigenvalue weighted by Gasteiger charge is 2.36. The number of anilines is 1. The number of hydrogen-bond acceptors (Lipinski definition) is 7. The van der Waals surface area contributed by atoms with Gasteiger partial charge in [0.1, 0.15) is 11.6 Å². The van der Waals surface area contributed by atoms with E-state index in [0.717, 1.165) is 48.0 Å². The first kappa shape index (κ1) is 19.6. The summed E-state index contributed by atoms with van der Waals surface area (Å²) < 4.78 is 37.0. The van der Waals surface area contributed by atoms with Crippen molar-refractivity contribution in [2.75, 3.05) is 38.2 Å². The molecule has 0 radical (unpaired) electrons. The number of ether oxygens (including phenoxy) is 1. The van der Waals surface area contributed by atoms with Crippen molar-refractivity contribution in [1.82, 2.24) is 13.7 Å². The lowest BCUT2D eigenvalue weighted by molar-refractivity contribution is 0.378. The number of piperazine rings is 1. The summed E-state index contributed by atoms with van der Waals surface area (Å²) in [6, 6.07) is 7.91. The van der Waals surface area contributed by atoms with Crippen molar-refractivity contribution in [2.45, 2.75) is 37.4 Å². The average molecular weight is 423 g/mol. The topological polar surface area (TPSA) is 75.6 Å². The maximum Gasteiger partial charge on any atom is 0.217 e. The van der Waals surface area contributed by atoms with Gasteiger partial charge >= 0.3 is 0 Å². The van der Waals surface area contributed by atoms with Gasteiger partial charge < -0.3 is 9.64 Å². The van der Waals surface area contributed by atoms with E-state index in [2.05, 4.69) is 14.3 Å². The van der Waals surface area contributed by atoms with Gasteiger partial charge in [-0.1, -0.05) is 25.0 Å². The van der Waals surface area contributed by atoms with Gasteiger partial charge in [0.05, 0.1) is 12.4 Å². The maximum atomic E-state index is 12.8. The standard InChI is InChI=1S/C19H26N4O3S2/c1-26-16-6-4-5-15(13-16)14-18-20-19(27-21-18)22-9-11-23(12-10-22)28(24,25)17-7-2-3-8-17/h4-6,13,17H,2-3,7-12,14H2,1H3. The molecule has 1 saturated carbocycles. The van der Waals surface area contributed by atoms with Gasteiger partial charge in [-0.15, -0.1) is 0 Å². The Bertz CT molecular complexity index is 901. The predicted molar refractivity (Wildman–Crippen MR) is 111 cm³/mol. The molecule has 0 spiro atoms. The van der Waals surface area contributed by atoms with E-state index in [4.69, 9.17) is 4.74 Å². The monoisotopic (exact) mass is 422 g/mol. The number of rotatable bonds is 6. The van der Waals surface area contributed by atoms with Crippen LogP contribution >= 0.6 is 11.5 Å². The molecule has 0 bridgehead atoms. The molecule has 0 unspecified atom stereocenters. The average Bonchev–Trinajstić information content (AvgIpc) is 3.41. The lowest BCUT2D eigenvalue weighted by Gasteiger charge is -2.34. The third-order valence-corrected chi connectivity index (χ3v) is 8.76. The van der Waals surface area contributed by atoms with Crippen LogP contribution in [0.4, 0.5) is 5.13 Å². The molecule has 1 aromatic heterocycles. The quantitative estimate of drug-likeness (QED) is 0.712. The first-order valence-electron chi connectivity index (χ1n) is 9.75. The van der Waals surface area contributed by atoms with Crippen LogP contribution in [-0.4, -0.2) is 60.6 Å². The lowest BCUT2D eigenvalue weighted by Crippen LogP contribution is -2.50.